The van der Waals surface area contributed by atoms with Crippen molar-refractivity contribution in [1.29, 1.82) is 0 Å². The van der Waals surface area contributed by atoms with E-state index < -0.39 is 26.7 Å². The second-order valence-electron chi connectivity index (χ2n) is 4.35. The Morgan fingerprint density at radius 3 is 2.35 bits per heavy atom. The van der Waals surface area contributed by atoms with Crippen molar-refractivity contribution >= 4 is 15.2 Å². The molecule has 20 heavy (non-hydrogen) atoms. The van der Waals surface area contributed by atoms with Crippen LogP contribution in [0.4, 0.5) is 0 Å². The van der Waals surface area contributed by atoms with Crippen molar-refractivity contribution in [3.05, 3.63) is 35.6 Å². The van der Waals surface area contributed by atoms with E-state index in [-0.39, 0.29) is 12.3 Å². The number of fused-ring (bicyclic) bond motifs is 1. The van der Waals surface area contributed by atoms with Gasteiger partial charge in [0, 0.05) is 6.07 Å². The summed E-state index contributed by atoms with van der Waals surface area (Å²) in [5, 5.41) is 6.42. The first-order valence-corrected chi connectivity index (χ1v) is 8.66. The maximum atomic E-state index is 11.3. The van der Waals surface area contributed by atoms with E-state index in [9.17, 15) is 14.2 Å². The molecular weight excluding hydrogens is 310 g/mol. The Bertz CT molecular complexity index is 728. The fraction of sp³-hybridized carbons (Fsp3) is 0.333. The molecule has 0 fully saturated rings. The van der Waals surface area contributed by atoms with Crippen LogP contribution < -0.4 is 9.73 Å². The minimum absolute atomic E-state index is 0.00762. The third-order valence-corrected chi connectivity index (χ3v) is 6.72. The fourth-order valence-electron chi connectivity index (χ4n) is 1.87. The van der Waals surface area contributed by atoms with Gasteiger partial charge >= 0.3 is 20.7 Å². The van der Waals surface area contributed by atoms with Crippen molar-refractivity contribution < 1.29 is 38.1 Å². The summed E-state index contributed by atoms with van der Waals surface area (Å²) in [6.07, 6.45) is 0.647. The number of rotatable bonds is 4. The molecule has 1 aromatic heterocycles. The summed E-state index contributed by atoms with van der Waals surface area (Å²) in [5.41, 5.74) is 0.663. The lowest BCUT2D eigenvalue weighted by atomic mass is 10.3. The molecule has 1 aromatic rings. The molecule has 0 saturated carbocycles. The summed E-state index contributed by atoms with van der Waals surface area (Å²) in [5.74, 6) is 0. The van der Waals surface area contributed by atoms with Crippen LogP contribution in [0.25, 0.3) is 0 Å². The Kier molecular flexibility index (Phi) is 3.73. The average Bonchev–Trinajstić information content (AvgIpc) is 2.70. The van der Waals surface area contributed by atoms with Crippen LogP contribution in [0.3, 0.4) is 0 Å². The first kappa shape index (κ1) is 15.5. The van der Waals surface area contributed by atoms with Crippen molar-refractivity contribution in [2.75, 3.05) is 6.54 Å². The van der Waals surface area contributed by atoms with Crippen LogP contribution in [0.15, 0.2) is 29.4 Å². The maximum absolute atomic E-state index is 11.3. The third-order valence-electron chi connectivity index (χ3n) is 2.98. The monoisotopic (exact) mass is 323 g/mol. The van der Waals surface area contributed by atoms with E-state index in [2.05, 4.69) is 4.99 Å². The Morgan fingerprint density at radius 2 is 1.80 bits per heavy atom. The maximum Gasteiger partial charge on any atom is 0.369 e. The number of aromatic nitrogens is 1. The van der Waals surface area contributed by atoms with Crippen LogP contribution in [0, 0.1) is 5.71 Å². The van der Waals surface area contributed by atoms with Crippen LogP contribution in [0.1, 0.15) is 6.42 Å². The number of hydrogen-bond acceptors (Lipinski definition) is 4. The molecule has 110 valence electrons. The largest absolute Gasteiger partial charge is 0.369 e. The highest BCUT2D eigenvalue weighted by Crippen LogP contribution is 2.69. The lowest BCUT2D eigenvalue weighted by molar-refractivity contribution is -0.537. The zero-order valence-corrected chi connectivity index (χ0v) is 11.9. The molecule has 0 amide bonds. The van der Waals surface area contributed by atoms with E-state index in [0.29, 0.717) is 5.49 Å². The van der Waals surface area contributed by atoms with Gasteiger partial charge in [0.1, 0.15) is 5.71 Å². The van der Waals surface area contributed by atoms with Crippen molar-refractivity contribution in [2.24, 2.45) is 4.99 Å². The molecule has 0 unspecified atom stereocenters. The molecule has 9 nitrogen and oxygen atoms in total. The zero-order chi connectivity index (χ0) is 15.2. The predicted octanol–water partition coefficient (Wildman–Crippen LogP) is -1.62. The van der Waals surface area contributed by atoms with Crippen molar-refractivity contribution in [3.8, 4) is 0 Å². The minimum atomic E-state index is -5.46. The molecule has 2 heterocycles. The first-order chi connectivity index (χ1) is 9.06. The Balaban J connectivity index is 2.56. The van der Waals surface area contributed by atoms with E-state index in [1.54, 1.807) is 18.2 Å². The molecule has 0 saturated heterocycles. The number of pyridine rings is 1. The van der Waals surface area contributed by atoms with E-state index in [1.807, 2.05) is 0 Å². The van der Waals surface area contributed by atoms with Crippen LogP contribution in [-0.2, 0) is 9.13 Å². The van der Waals surface area contributed by atoms with Gasteiger partial charge < -0.3 is 24.7 Å². The molecular formula is C9H13N2O7P2+. The van der Waals surface area contributed by atoms with Crippen LogP contribution in [0.5, 0.6) is 0 Å². The molecule has 11 heteroatoms. The molecule has 2 rings (SSSR count). The molecule has 0 aromatic carbocycles. The molecule has 1 aliphatic rings. The van der Waals surface area contributed by atoms with Gasteiger partial charge in [0.2, 0.25) is 0 Å². The van der Waals surface area contributed by atoms with Crippen molar-refractivity contribution in [3.63, 3.8) is 0 Å². The smallest absolute Gasteiger partial charge is 0.367 e. The van der Waals surface area contributed by atoms with E-state index in [4.69, 9.17) is 19.6 Å². The van der Waals surface area contributed by atoms with Gasteiger partial charge in [0.25, 0.3) is 5.08 Å². The van der Waals surface area contributed by atoms with Gasteiger partial charge in [0.05, 0.1) is 12.6 Å². The molecule has 0 spiro atoms. The predicted molar refractivity (Wildman–Crippen MR) is 65.0 cm³/mol. The molecule has 1 aliphatic heterocycles. The lowest BCUT2D eigenvalue weighted by Gasteiger charge is -2.28. The summed E-state index contributed by atoms with van der Waals surface area (Å²) >= 11 is 0. The van der Waals surface area contributed by atoms with Crippen LogP contribution in [-0.4, -0.2) is 36.3 Å². The molecule has 0 atom stereocenters. The molecule has 0 aliphatic carbocycles. The highest BCUT2D eigenvalue weighted by Gasteiger charge is 2.60. The van der Waals surface area contributed by atoms with Gasteiger partial charge in [-0.05, 0) is 6.07 Å². The summed E-state index contributed by atoms with van der Waals surface area (Å²) in [7, 11) is -10.9. The third kappa shape index (κ3) is 2.49. The normalized spacial score (nSPS) is 15.9. The van der Waals surface area contributed by atoms with Gasteiger partial charge in [0.15, 0.2) is 6.54 Å². The summed E-state index contributed by atoms with van der Waals surface area (Å²) in [6.45, 7) is -0.00762. The zero-order valence-electron chi connectivity index (χ0n) is 10.1. The number of aliphatic hydroxyl groups is 1. The van der Waals surface area contributed by atoms with E-state index in [1.165, 1.54) is 10.4 Å². The van der Waals surface area contributed by atoms with Crippen LogP contribution in [0.2, 0.25) is 0 Å². The Morgan fingerprint density at radius 1 is 1.20 bits per heavy atom. The van der Waals surface area contributed by atoms with E-state index >= 15 is 0 Å². The van der Waals surface area contributed by atoms with E-state index in [0.717, 1.165) is 0 Å². The lowest BCUT2D eigenvalue weighted by Crippen LogP contribution is -2.39. The second-order valence-corrected chi connectivity index (χ2v) is 8.36. The second kappa shape index (κ2) is 4.82. The highest BCUT2D eigenvalue weighted by atomic mass is 31.2. The minimum Gasteiger partial charge on any atom is -0.367 e. The Labute approximate surface area is 112 Å². The molecule has 5 N–H and O–H groups in total. The average molecular weight is 323 g/mol. The fourth-order valence-corrected chi connectivity index (χ4v) is 4.00. The first-order valence-electron chi connectivity index (χ1n) is 5.43. The van der Waals surface area contributed by atoms with Gasteiger partial charge in [-0.2, -0.15) is 0 Å². The van der Waals surface area contributed by atoms with Gasteiger partial charge in [-0.15, -0.1) is 0 Å². The molecule has 0 radical (unpaired) electrons. The Hall–Kier alpha value is -0.920. The quantitative estimate of drug-likeness (QED) is 0.329. The summed E-state index contributed by atoms with van der Waals surface area (Å²) in [4.78, 5) is 40.4. The standard InChI is InChI=1S/C9H12N2O7P2/c12-9(19(13,14)15,20(16,17)18)5-7-6-10-8-3-1-2-4-11(7)8/h1-4,12H,5-6H2,(H3-,13,14,15,16,17,18)/p+1. The van der Waals surface area contributed by atoms with Gasteiger partial charge in [-0.1, -0.05) is 11.1 Å². The van der Waals surface area contributed by atoms with Crippen LogP contribution >= 0.6 is 15.2 Å². The number of hydrogen-bond donors (Lipinski definition) is 5. The summed E-state index contributed by atoms with van der Waals surface area (Å²) in [6, 6.07) is 4.94. The SMILES string of the molecule is O=P(O)(O)C(O)(CC1=[n+]2ccccc2=NC1)P(=O)(O)O. The van der Waals surface area contributed by atoms with Gasteiger partial charge in [-0.3, -0.25) is 9.13 Å². The topological polar surface area (TPSA) is 154 Å². The van der Waals surface area contributed by atoms with Crippen molar-refractivity contribution in [1.82, 2.24) is 0 Å². The molecule has 0 bridgehead atoms. The highest BCUT2D eigenvalue weighted by molar-refractivity contribution is 7.72. The number of nitrogens with zero attached hydrogens (tertiary/aromatic N) is 2. The van der Waals surface area contributed by atoms with Crippen molar-refractivity contribution in [2.45, 2.75) is 11.5 Å². The van der Waals surface area contributed by atoms with Gasteiger partial charge in [-0.25, -0.2) is 4.24 Å². The summed E-state index contributed by atoms with van der Waals surface area (Å²) < 4.78 is 24.0.